The Labute approximate surface area is 133 Å². The predicted molar refractivity (Wildman–Crippen MR) is 72.2 cm³/mol. The number of benzene rings is 1. The van der Waals surface area contributed by atoms with Gasteiger partial charge < -0.3 is 4.74 Å². The Kier molecular flexibility index (Phi) is 3.09. The van der Waals surface area contributed by atoms with Crippen LogP contribution >= 0.6 is 0 Å². The number of rotatable bonds is 1. The van der Waals surface area contributed by atoms with Gasteiger partial charge in [0.15, 0.2) is 11.2 Å². The lowest BCUT2D eigenvalue weighted by Gasteiger charge is -2.18. The maximum atomic E-state index is 13.0. The molecule has 2 heterocycles. The summed E-state index contributed by atoms with van der Waals surface area (Å²) in [7, 11) is 0. The van der Waals surface area contributed by atoms with Gasteiger partial charge in [0, 0.05) is 0 Å². The summed E-state index contributed by atoms with van der Waals surface area (Å²) < 4.78 is 43.8. The maximum absolute atomic E-state index is 13.0. The second-order valence-corrected chi connectivity index (χ2v) is 5.40. The summed E-state index contributed by atoms with van der Waals surface area (Å²) in [5.41, 5.74) is -3.88. The van der Waals surface area contributed by atoms with E-state index in [4.69, 9.17) is 6.57 Å². The van der Waals surface area contributed by atoms with Crippen LogP contribution in [-0.4, -0.2) is 35.1 Å². The van der Waals surface area contributed by atoms with E-state index in [9.17, 15) is 27.6 Å². The van der Waals surface area contributed by atoms with Crippen molar-refractivity contribution in [3.63, 3.8) is 0 Å². The molecule has 0 spiro atoms. The van der Waals surface area contributed by atoms with Crippen LogP contribution in [0.4, 0.5) is 34.1 Å². The molecule has 1 atom stereocenters. The molecule has 7 nitrogen and oxygen atoms in total. The van der Waals surface area contributed by atoms with Gasteiger partial charge in [-0.05, 0) is 19.1 Å². The quantitative estimate of drug-likeness (QED) is 0.583. The summed E-state index contributed by atoms with van der Waals surface area (Å²) in [6, 6.07) is 1.37. The van der Waals surface area contributed by atoms with Crippen LogP contribution in [0, 0.1) is 6.57 Å². The monoisotopic (exact) mass is 339 g/mol. The van der Waals surface area contributed by atoms with Crippen molar-refractivity contribution in [2.24, 2.45) is 0 Å². The number of nitrogens with zero attached hydrogens (tertiary/aromatic N) is 3. The van der Waals surface area contributed by atoms with E-state index < -0.39 is 41.0 Å². The summed E-state index contributed by atoms with van der Waals surface area (Å²) in [6.45, 7) is 7.70. The highest BCUT2D eigenvalue weighted by Gasteiger charge is 2.63. The lowest BCUT2D eigenvalue weighted by Crippen LogP contribution is -2.45. The van der Waals surface area contributed by atoms with E-state index in [2.05, 4.69) is 9.58 Å². The molecule has 2 fully saturated rings. The van der Waals surface area contributed by atoms with Crippen molar-refractivity contribution in [1.82, 2.24) is 4.90 Å². The number of halogens is 3. The molecule has 24 heavy (non-hydrogen) atoms. The minimum absolute atomic E-state index is 0.367. The number of hydrogen-bond donors (Lipinski definition) is 0. The molecule has 0 saturated carbocycles. The van der Waals surface area contributed by atoms with E-state index in [1.54, 1.807) is 0 Å². The lowest BCUT2D eigenvalue weighted by molar-refractivity contribution is -0.136. The van der Waals surface area contributed by atoms with Gasteiger partial charge in [-0.1, -0.05) is 6.07 Å². The van der Waals surface area contributed by atoms with Crippen molar-refractivity contribution in [2.75, 3.05) is 11.5 Å². The Morgan fingerprint density at radius 1 is 1.29 bits per heavy atom. The van der Waals surface area contributed by atoms with Gasteiger partial charge in [-0.15, -0.1) is 0 Å². The average molecular weight is 339 g/mol. The van der Waals surface area contributed by atoms with Crippen LogP contribution in [0.1, 0.15) is 12.5 Å². The molecule has 2 aliphatic heterocycles. The summed E-state index contributed by atoms with van der Waals surface area (Å²) in [6.07, 6.45) is -5.87. The Balaban J connectivity index is 2.11. The van der Waals surface area contributed by atoms with Crippen LogP contribution in [-0.2, 0) is 15.7 Å². The van der Waals surface area contributed by atoms with E-state index in [-0.39, 0.29) is 12.3 Å². The molecular formula is C14H8F3N3O4. The van der Waals surface area contributed by atoms with Gasteiger partial charge in [-0.2, -0.15) is 13.2 Å². The molecule has 1 aromatic carbocycles. The number of alkyl halides is 3. The van der Waals surface area contributed by atoms with Gasteiger partial charge in [0.05, 0.1) is 17.8 Å². The van der Waals surface area contributed by atoms with Crippen molar-refractivity contribution in [3.8, 4) is 0 Å². The first kappa shape index (κ1) is 15.8. The largest absolute Gasteiger partial charge is 0.446 e. The first-order chi connectivity index (χ1) is 11.1. The van der Waals surface area contributed by atoms with E-state index in [0.717, 1.165) is 12.1 Å². The molecule has 124 valence electrons. The van der Waals surface area contributed by atoms with Gasteiger partial charge >= 0.3 is 18.3 Å². The topological polar surface area (TPSA) is 71.3 Å². The Morgan fingerprint density at radius 3 is 2.50 bits per heavy atom. The zero-order valence-corrected chi connectivity index (χ0v) is 12.0. The maximum Gasteiger partial charge on any atom is 0.419 e. The number of cyclic esters (lactones) is 1. The third kappa shape index (κ3) is 1.94. The second kappa shape index (κ2) is 4.70. The summed E-state index contributed by atoms with van der Waals surface area (Å²) in [5, 5.41) is 0. The highest BCUT2D eigenvalue weighted by atomic mass is 19.4. The van der Waals surface area contributed by atoms with Crippen LogP contribution in [0.5, 0.6) is 0 Å². The van der Waals surface area contributed by atoms with Crippen molar-refractivity contribution in [2.45, 2.75) is 18.6 Å². The molecule has 0 aliphatic carbocycles. The van der Waals surface area contributed by atoms with Crippen LogP contribution in [0.2, 0.25) is 0 Å². The van der Waals surface area contributed by atoms with Gasteiger partial charge in [0.2, 0.25) is 0 Å². The smallest absolute Gasteiger partial charge is 0.419 e. The van der Waals surface area contributed by atoms with Gasteiger partial charge in [-0.3, -0.25) is 4.79 Å². The molecule has 0 radical (unpaired) electrons. The molecule has 3 rings (SSSR count). The molecule has 1 unspecified atom stereocenters. The fourth-order valence-electron chi connectivity index (χ4n) is 2.62. The number of amides is 4. The van der Waals surface area contributed by atoms with E-state index in [1.165, 1.54) is 6.92 Å². The highest BCUT2D eigenvalue weighted by molar-refractivity contribution is 6.27. The van der Waals surface area contributed by atoms with Gasteiger partial charge in [0.1, 0.15) is 6.61 Å². The number of urea groups is 1. The van der Waals surface area contributed by atoms with Crippen molar-refractivity contribution < 1.29 is 32.3 Å². The zero-order chi connectivity index (χ0) is 17.9. The summed E-state index contributed by atoms with van der Waals surface area (Å²) in [4.78, 5) is 40.2. The first-order valence-corrected chi connectivity index (χ1v) is 6.55. The fraction of sp³-hybridized carbons (Fsp3) is 0.286. The zero-order valence-electron chi connectivity index (χ0n) is 12.0. The third-order valence-electron chi connectivity index (χ3n) is 3.86. The highest BCUT2D eigenvalue weighted by Crippen LogP contribution is 2.41. The molecular weight excluding hydrogens is 331 g/mol. The molecule has 2 aliphatic rings. The van der Waals surface area contributed by atoms with Crippen molar-refractivity contribution in [3.05, 3.63) is 35.2 Å². The van der Waals surface area contributed by atoms with Crippen LogP contribution in [0.15, 0.2) is 18.2 Å². The Morgan fingerprint density at radius 2 is 1.96 bits per heavy atom. The number of carbonyl (C=O) groups is 3. The third-order valence-corrected chi connectivity index (χ3v) is 3.86. The van der Waals surface area contributed by atoms with Gasteiger partial charge in [-0.25, -0.2) is 24.2 Å². The standard InChI is InChI=1S/C14H8F3N3O4/c1-13-6-24-12(23)20(13)11(22)19(10(13)21)7-3-4-9(18-2)8(5-7)14(15,16)17/h3-5H,6H2,1H3. The van der Waals surface area contributed by atoms with E-state index >= 15 is 0 Å². The molecule has 4 amide bonds. The molecule has 0 aromatic heterocycles. The lowest BCUT2D eigenvalue weighted by atomic mass is 10.0. The molecule has 0 N–H and O–H groups in total. The molecule has 2 saturated heterocycles. The Bertz CT molecular complexity index is 830. The Hall–Kier alpha value is -3.09. The van der Waals surface area contributed by atoms with E-state index in [1.807, 2.05) is 0 Å². The van der Waals surface area contributed by atoms with E-state index in [0.29, 0.717) is 15.9 Å². The van der Waals surface area contributed by atoms with Crippen molar-refractivity contribution in [1.29, 1.82) is 0 Å². The van der Waals surface area contributed by atoms with Crippen molar-refractivity contribution >= 4 is 29.4 Å². The molecule has 1 aromatic rings. The van der Waals surface area contributed by atoms with Crippen LogP contribution < -0.4 is 4.90 Å². The minimum atomic E-state index is -4.83. The number of imide groups is 2. The number of carbonyl (C=O) groups excluding carboxylic acids is 3. The summed E-state index contributed by atoms with van der Waals surface area (Å²) >= 11 is 0. The summed E-state index contributed by atoms with van der Waals surface area (Å²) in [5.74, 6) is -0.873. The number of hydrogen-bond acceptors (Lipinski definition) is 4. The number of ether oxygens (including phenoxy) is 1. The average Bonchev–Trinajstić information content (AvgIpc) is 2.92. The first-order valence-electron chi connectivity index (χ1n) is 6.55. The fourth-order valence-corrected chi connectivity index (χ4v) is 2.62. The van der Waals surface area contributed by atoms with Gasteiger partial charge in [0.25, 0.3) is 5.91 Å². The van der Waals surface area contributed by atoms with Crippen LogP contribution in [0.25, 0.3) is 4.85 Å². The predicted octanol–water partition coefficient (Wildman–Crippen LogP) is 2.93. The normalized spacial score (nSPS) is 23.4. The molecule has 0 bridgehead atoms. The second-order valence-electron chi connectivity index (χ2n) is 5.40. The minimum Gasteiger partial charge on any atom is -0.446 e. The number of fused-ring (bicyclic) bond motifs is 1. The molecule has 10 heteroatoms. The SMILES string of the molecule is [C-]#[N+]c1ccc(N2C(=O)N3C(=O)OCC3(C)C2=O)cc1C(F)(F)F. The van der Waals surface area contributed by atoms with Crippen LogP contribution in [0.3, 0.4) is 0 Å². The number of anilines is 1.